The average molecular weight is 265 g/mol. The lowest BCUT2D eigenvalue weighted by atomic mass is 10.2. The smallest absolute Gasteiger partial charge is 0.258 e. The molecule has 0 atom stereocenters. The van der Waals surface area contributed by atoms with Crippen LogP contribution in [0.3, 0.4) is 0 Å². The van der Waals surface area contributed by atoms with E-state index in [0.29, 0.717) is 10.9 Å². The average Bonchev–Trinajstić information content (AvgIpc) is 2.48. The molecule has 0 spiro atoms. The van der Waals surface area contributed by atoms with Crippen molar-refractivity contribution in [1.29, 1.82) is 0 Å². The van der Waals surface area contributed by atoms with Gasteiger partial charge in [-0.05, 0) is 23.8 Å². The molecule has 3 aromatic rings. The normalized spacial score (nSPS) is 10.7. The van der Waals surface area contributed by atoms with Gasteiger partial charge in [0, 0.05) is 19.3 Å². The Hall–Kier alpha value is -2.62. The van der Waals surface area contributed by atoms with Crippen molar-refractivity contribution in [3.05, 3.63) is 70.8 Å². The number of aromatic amines is 1. The molecule has 0 unspecified atom stereocenters. The van der Waals surface area contributed by atoms with Crippen LogP contribution in [-0.2, 0) is 6.54 Å². The maximum absolute atomic E-state index is 11.8. The Morgan fingerprint density at radius 3 is 2.75 bits per heavy atom. The Morgan fingerprint density at radius 1 is 1.15 bits per heavy atom. The van der Waals surface area contributed by atoms with Gasteiger partial charge in [-0.2, -0.15) is 0 Å². The summed E-state index contributed by atoms with van der Waals surface area (Å²) in [5.41, 5.74) is 2.84. The Bertz CT molecular complexity index is 780. The number of anilines is 1. The van der Waals surface area contributed by atoms with E-state index in [9.17, 15) is 4.79 Å². The molecule has 20 heavy (non-hydrogen) atoms. The van der Waals surface area contributed by atoms with Crippen LogP contribution in [0.4, 0.5) is 5.69 Å². The van der Waals surface area contributed by atoms with E-state index in [1.807, 2.05) is 43.4 Å². The zero-order valence-electron chi connectivity index (χ0n) is 11.2. The van der Waals surface area contributed by atoms with E-state index in [0.717, 1.165) is 12.2 Å². The van der Waals surface area contributed by atoms with E-state index < -0.39 is 0 Å². The first-order valence-corrected chi connectivity index (χ1v) is 6.46. The summed E-state index contributed by atoms with van der Waals surface area (Å²) in [6.45, 7) is 0.796. The minimum atomic E-state index is -0.107. The first-order valence-electron chi connectivity index (χ1n) is 6.46. The highest BCUT2D eigenvalue weighted by atomic mass is 16.1. The molecule has 0 bridgehead atoms. The minimum absolute atomic E-state index is 0.107. The number of rotatable bonds is 3. The van der Waals surface area contributed by atoms with E-state index in [-0.39, 0.29) is 5.56 Å². The molecule has 3 rings (SSSR count). The third kappa shape index (κ3) is 2.40. The second-order valence-corrected chi connectivity index (χ2v) is 4.77. The molecule has 0 aliphatic heterocycles. The van der Waals surface area contributed by atoms with E-state index in [1.165, 1.54) is 11.9 Å². The first kappa shape index (κ1) is 12.4. The molecule has 2 aromatic carbocycles. The minimum Gasteiger partial charge on any atom is -0.370 e. The summed E-state index contributed by atoms with van der Waals surface area (Å²) < 4.78 is 0. The van der Waals surface area contributed by atoms with Crippen molar-refractivity contribution in [1.82, 2.24) is 9.97 Å². The lowest BCUT2D eigenvalue weighted by Crippen LogP contribution is -2.17. The van der Waals surface area contributed by atoms with Gasteiger partial charge in [0.1, 0.15) is 0 Å². The van der Waals surface area contributed by atoms with Gasteiger partial charge in [-0.25, -0.2) is 4.98 Å². The predicted octanol–water partition coefficient (Wildman–Crippen LogP) is 2.56. The van der Waals surface area contributed by atoms with Gasteiger partial charge < -0.3 is 9.88 Å². The highest BCUT2D eigenvalue weighted by Gasteiger charge is 2.05. The summed E-state index contributed by atoms with van der Waals surface area (Å²) in [5, 5.41) is 0.616. The number of fused-ring (bicyclic) bond motifs is 1. The molecule has 0 saturated heterocycles. The number of aromatic nitrogens is 2. The number of nitrogens with one attached hydrogen (secondary N) is 1. The summed E-state index contributed by atoms with van der Waals surface area (Å²) in [5.74, 6) is 0. The van der Waals surface area contributed by atoms with Gasteiger partial charge in [0.05, 0.1) is 17.2 Å². The lowest BCUT2D eigenvalue weighted by molar-refractivity contribution is 0.924. The van der Waals surface area contributed by atoms with Crippen molar-refractivity contribution < 1.29 is 0 Å². The monoisotopic (exact) mass is 265 g/mol. The highest BCUT2D eigenvalue weighted by molar-refractivity contribution is 5.81. The number of hydrogen-bond donors (Lipinski definition) is 1. The number of hydrogen-bond acceptors (Lipinski definition) is 3. The summed E-state index contributed by atoms with van der Waals surface area (Å²) in [6.07, 6.45) is 1.43. The Labute approximate surface area is 116 Å². The standard InChI is InChI=1S/C16H15N3O/c1-19(10-12-5-3-2-4-6-12)13-7-8-15-14(9-13)16(20)18-11-17-15/h2-9,11H,10H2,1H3,(H,17,18,20). The highest BCUT2D eigenvalue weighted by Crippen LogP contribution is 2.19. The second kappa shape index (κ2) is 5.17. The van der Waals surface area contributed by atoms with E-state index in [4.69, 9.17) is 0 Å². The van der Waals surface area contributed by atoms with E-state index in [1.54, 1.807) is 0 Å². The molecular formula is C16H15N3O. The molecular weight excluding hydrogens is 250 g/mol. The van der Waals surface area contributed by atoms with Gasteiger partial charge in [-0.1, -0.05) is 30.3 Å². The predicted molar refractivity (Wildman–Crippen MR) is 80.9 cm³/mol. The summed E-state index contributed by atoms with van der Waals surface area (Å²) in [6, 6.07) is 16.0. The topological polar surface area (TPSA) is 49.0 Å². The second-order valence-electron chi connectivity index (χ2n) is 4.77. The zero-order valence-corrected chi connectivity index (χ0v) is 11.2. The SMILES string of the molecule is CN(Cc1ccccc1)c1ccc2nc[nH]c(=O)c2c1. The van der Waals surface area contributed by atoms with Crippen LogP contribution in [0.5, 0.6) is 0 Å². The summed E-state index contributed by atoms with van der Waals surface area (Å²) >= 11 is 0. The largest absolute Gasteiger partial charge is 0.370 e. The van der Waals surface area contributed by atoms with Gasteiger partial charge in [0.25, 0.3) is 5.56 Å². The molecule has 1 N–H and O–H groups in total. The van der Waals surface area contributed by atoms with Crippen LogP contribution < -0.4 is 10.5 Å². The number of H-pyrrole nitrogens is 1. The van der Waals surface area contributed by atoms with Gasteiger partial charge in [-0.3, -0.25) is 4.79 Å². The van der Waals surface area contributed by atoms with Crippen LogP contribution in [0.25, 0.3) is 10.9 Å². The quantitative estimate of drug-likeness (QED) is 0.791. The maximum atomic E-state index is 11.8. The van der Waals surface area contributed by atoms with Crippen LogP contribution in [-0.4, -0.2) is 17.0 Å². The maximum Gasteiger partial charge on any atom is 0.258 e. The molecule has 4 nitrogen and oxygen atoms in total. The van der Waals surface area contributed by atoms with Crippen molar-refractivity contribution in [3.63, 3.8) is 0 Å². The molecule has 0 amide bonds. The molecule has 0 fully saturated rings. The first-order chi connectivity index (χ1) is 9.74. The fourth-order valence-electron chi connectivity index (χ4n) is 2.24. The molecule has 0 radical (unpaired) electrons. The van der Waals surface area contributed by atoms with Crippen LogP contribution in [0.1, 0.15) is 5.56 Å². The van der Waals surface area contributed by atoms with Crippen LogP contribution in [0.15, 0.2) is 59.7 Å². The summed E-state index contributed by atoms with van der Waals surface area (Å²) in [7, 11) is 2.01. The molecule has 4 heteroatoms. The summed E-state index contributed by atoms with van der Waals surface area (Å²) in [4.78, 5) is 20.7. The fourth-order valence-corrected chi connectivity index (χ4v) is 2.24. The van der Waals surface area contributed by atoms with Crippen molar-refractivity contribution in [2.45, 2.75) is 6.54 Å². The molecule has 0 aliphatic carbocycles. The third-order valence-corrected chi connectivity index (χ3v) is 3.33. The number of benzene rings is 2. The van der Waals surface area contributed by atoms with E-state index in [2.05, 4.69) is 27.0 Å². The van der Waals surface area contributed by atoms with Gasteiger partial charge >= 0.3 is 0 Å². The van der Waals surface area contributed by atoms with Crippen molar-refractivity contribution >= 4 is 16.6 Å². The van der Waals surface area contributed by atoms with E-state index >= 15 is 0 Å². The molecule has 1 heterocycles. The lowest BCUT2D eigenvalue weighted by Gasteiger charge is -2.19. The van der Waals surface area contributed by atoms with Crippen molar-refractivity contribution in [2.75, 3.05) is 11.9 Å². The fraction of sp³-hybridized carbons (Fsp3) is 0.125. The van der Waals surface area contributed by atoms with Crippen molar-refractivity contribution in [2.24, 2.45) is 0 Å². The molecule has 1 aromatic heterocycles. The van der Waals surface area contributed by atoms with Crippen LogP contribution in [0.2, 0.25) is 0 Å². The zero-order chi connectivity index (χ0) is 13.9. The Balaban J connectivity index is 1.94. The molecule has 0 aliphatic rings. The van der Waals surface area contributed by atoms with Crippen molar-refractivity contribution in [3.8, 4) is 0 Å². The third-order valence-electron chi connectivity index (χ3n) is 3.33. The van der Waals surface area contributed by atoms with Gasteiger partial charge in [-0.15, -0.1) is 0 Å². The Kier molecular flexibility index (Phi) is 3.21. The van der Waals surface area contributed by atoms with Gasteiger partial charge in [0.2, 0.25) is 0 Å². The Morgan fingerprint density at radius 2 is 1.95 bits per heavy atom. The van der Waals surface area contributed by atoms with Gasteiger partial charge in [0.15, 0.2) is 0 Å². The van der Waals surface area contributed by atoms with Crippen LogP contribution in [0, 0.1) is 0 Å². The van der Waals surface area contributed by atoms with Crippen LogP contribution >= 0.6 is 0 Å². The molecule has 100 valence electrons. The number of nitrogens with zero attached hydrogens (tertiary/aromatic N) is 2. The molecule has 0 saturated carbocycles.